The van der Waals surface area contributed by atoms with Crippen molar-refractivity contribution in [2.75, 3.05) is 18.2 Å². The molecule has 1 aromatic carbocycles. The summed E-state index contributed by atoms with van der Waals surface area (Å²) in [4.78, 5) is 32.5. The number of benzene rings is 1. The van der Waals surface area contributed by atoms with Gasteiger partial charge in [-0.2, -0.15) is 0 Å². The average Bonchev–Trinajstić information content (AvgIpc) is 2.55. The fourth-order valence-corrected chi connectivity index (χ4v) is 3.04. The highest BCUT2D eigenvalue weighted by atomic mass is 35.5. The van der Waals surface area contributed by atoms with Crippen molar-refractivity contribution in [1.82, 2.24) is 10.2 Å². The maximum atomic E-state index is 12.8. The Hall–Kier alpha value is -1.79. The lowest BCUT2D eigenvalue weighted by Crippen LogP contribution is -2.66. The van der Waals surface area contributed by atoms with Crippen LogP contribution < -0.4 is 10.2 Å². The molecule has 1 fully saturated rings. The van der Waals surface area contributed by atoms with E-state index in [2.05, 4.69) is 10.3 Å². The number of rotatable bonds is 2. The Morgan fingerprint density at radius 2 is 2.09 bits per heavy atom. The predicted octanol–water partition coefficient (Wildman–Crippen LogP) is 2.46. The maximum absolute atomic E-state index is 12.8. The first kappa shape index (κ1) is 16.1. The molecule has 1 atom stereocenters. The van der Waals surface area contributed by atoms with E-state index >= 15 is 0 Å². The summed E-state index contributed by atoms with van der Waals surface area (Å²) in [6.45, 7) is 4.00. The van der Waals surface area contributed by atoms with Crippen LogP contribution in [0.5, 0.6) is 0 Å². The fourth-order valence-electron chi connectivity index (χ4n) is 2.62. The van der Waals surface area contributed by atoms with Gasteiger partial charge in [0, 0.05) is 0 Å². The highest BCUT2D eigenvalue weighted by Gasteiger charge is 2.49. The van der Waals surface area contributed by atoms with Gasteiger partial charge < -0.3 is 4.90 Å². The molecule has 1 unspecified atom stereocenters. The third kappa shape index (κ3) is 2.46. The average molecular weight is 355 g/mol. The standard InChI is InChI=1S/C15H16Cl2N4O2/c1-3-15(2)12(22)19-14-18-7-20(8-21(14)13(15)23)10-6-4-5-9(16)11(10)17/h4-6H,3,7-8H2,1-2H3,(H,18,19,22). The van der Waals surface area contributed by atoms with Crippen LogP contribution in [0.15, 0.2) is 23.2 Å². The maximum Gasteiger partial charge on any atom is 0.246 e. The number of anilines is 1. The first-order valence-electron chi connectivity index (χ1n) is 7.25. The predicted molar refractivity (Wildman–Crippen MR) is 89.5 cm³/mol. The minimum absolute atomic E-state index is 0.258. The monoisotopic (exact) mass is 354 g/mol. The van der Waals surface area contributed by atoms with E-state index in [0.29, 0.717) is 28.1 Å². The highest BCUT2D eigenvalue weighted by molar-refractivity contribution is 6.43. The van der Waals surface area contributed by atoms with E-state index in [1.54, 1.807) is 19.1 Å². The Bertz CT molecular complexity index is 721. The number of amides is 2. The molecule has 8 heteroatoms. The van der Waals surface area contributed by atoms with Crippen molar-refractivity contribution in [2.45, 2.75) is 20.3 Å². The fraction of sp³-hybridized carbons (Fsp3) is 0.400. The molecule has 3 rings (SSSR count). The summed E-state index contributed by atoms with van der Waals surface area (Å²) in [5, 5.41) is 3.58. The van der Waals surface area contributed by atoms with Crippen molar-refractivity contribution >= 4 is 46.7 Å². The van der Waals surface area contributed by atoms with E-state index in [1.807, 2.05) is 17.9 Å². The van der Waals surface area contributed by atoms with Gasteiger partial charge in [-0.25, -0.2) is 4.99 Å². The van der Waals surface area contributed by atoms with Crippen LogP contribution in [0.4, 0.5) is 5.69 Å². The molecule has 2 amide bonds. The van der Waals surface area contributed by atoms with Crippen LogP contribution in [0.25, 0.3) is 0 Å². The van der Waals surface area contributed by atoms with E-state index in [4.69, 9.17) is 23.2 Å². The summed E-state index contributed by atoms with van der Waals surface area (Å²) in [5.41, 5.74) is -0.384. The molecule has 122 valence electrons. The van der Waals surface area contributed by atoms with Gasteiger partial charge >= 0.3 is 0 Å². The van der Waals surface area contributed by atoms with Gasteiger partial charge in [0.2, 0.25) is 17.8 Å². The molecule has 0 saturated carbocycles. The zero-order valence-electron chi connectivity index (χ0n) is 12.8. The van der Waals surface area contributed by atoms with Gasteiger partial charge in [0.1, 0.15) is 18.8 Å². The van der Waals surface area contributed by atoms with E-state index in [9.17, 15) is 9.59 Å². The van der Waals surface area contributed by atoms with Crippen molar-refractivity contribution in [1.29, 1.82) is 0 Å². The second-order valence-corrected chi connectivity index (χ2v) is 6.54. The lowest BCUT2D eigenvalue weighted by molar-refractivity contribution is -0.149. The summed E-state index contributed by atoms with van der Waals surface area (Å²) in [5.74, 6) is -0.278. The summed E-state index contributed by atoms with van der Waals surface area (Å²) in [7, 11) is 0. The molecule has 0 aromatic heterocycles. The van der Waals surface area contributed by atoms with E-state index < -0.39 is 5.41 Å². The number of hydrogen-bond acceptors (Lipinski definition) is 4. The van der Waals surface area contributed by atoms with Gasteiger partial charge in [-0.05, 0) is 25.5 Å². The van der Waals surface area contributed by atoms with Crippen LogP contribution in [-0.4, -0.2) is 36.0 Å². The first-order valence-corrected chi connectivity index (χ1v) is 8.01. The Kier molecular flexibility index (Phi) is 3.98. The van der Waals surface area contributed by atoms with Crippen molar-refractivity contribution < 1.29 is 9.59 Å². The van der Waals surface area contributed by atoms with Crippen molar-refractivity contribution in [3.05, 3.63) is 28.2 Å². The Morgan fingerprint density at radius 3 is 2.78 bits per heavy atom. The molecular weight excluding hydrogens is 339 g/mol. The van der Waals surface area contributed by atoms with Crippen LogP contribution in [0.3, 0.4) is 0 Å². The summed E-state index contributed by atoms with van der Waals surface area (Å²) in [6, 6.07) is 5.31. The summed E-state index contributed by atoms with van der Waals surface area (Å²) in [6.07, 6.45) is 0.416. The van der Waals surface area contributed by atoms with E-state index in [-0.39, 0.29) is 25.2 Å². The Balaban J connectivity index is 1.94. The third-order valence-corrected chi connectivity index (χ3v) is 5.19. The van der Waals surface area contributed by atoms with Crippen molar-refractivity contribution in [3.63, 3.8) is 0 Å². The van der Waals surface area contributed by atoms with Gasteiger partial charge in [-0.3, -0.25) is 19.8 Å². The summed E-state index contributed by atoms with van der Waals surface area (Å²) >= 11 is 12.3. The molecule has 1 N–H and O–H groups in total. The molecule has 2 heterocycles. The molecule has 0 radical (unpaired) electrons. The van der Waals surface area contributed by atoms with Gasteiger partial charge in [0.15, 0.2) is 0 Å². The van der Waals surface area contributed by atoms with Crippen LogP contribution in [0, 0.1) is 5.41 Å². The molecule has 23 heavy (non-hydrogen) atoms. The molecule has 2 aliphatic rings. The van der Waals surface area contributed by atoms with Gasteiger partial charge in [-0.15, -0.1) is 0 Å². The number of hydrogen-bond donors (Lipinski definition) is 1. The number of aliphatic imine (C=N–C) groups is 1. The molecule has 1 aromatic rings. The zero-order chi connectivity index (χ0) is 16.8. The van der Waals surface area contributed by atoms with Crippen LogP contribution in [0.2, 0.25) is 10.0 Å². The van der Waals surface area contributed by atoms with Crippen molar-refractivity contribution in [3.8, 4) is 0 Å². The summed E-state index contributed by atoms with van der Waals surface area (Å²) < 4.78 is 0. The second kappa shape index (κ2) is 5.69. The molecule has 0 aliphatic carbocycles. The molecule has 0 spiro atoms. The van der Waals surface area contributed by atoms with E-state index in [0.717, 1.165) is 0 Å². The quantitative estimate of drug-likeness (QED) is 0.829. The molecule has 1 saturated heterocycles. The number of fused-ring (bicyclic) bond motifs is 1. The number of carbonyl (C=O) groups excluding carboxylic acids is 2. The highest BCUT2D eigenvalue weighted by Crippen LogP contribution is 2.35. The first-order chi connectivity index (χ1) is 10.9. The molecule has 0 bridgehead atoms. The number of guanidine groups is 1. The number of carbonyl (C=O) groups is 2. The number of nitrogens with zero attached hydrogens (tertiary/aromatic N) is 3. The Labute approximate surface area is 144 Å². The number of nitrogens with one attached hydrogen (secondary N) is 1. The van der Waals surface area contributed by atoms with Gasteiger partial charge in [0.25, 0.3) is 0 Å². The molecule has 2 aliphatic heterocycles. The number of halogens is 2. The van der Waals surface area contributed by atoms with Crippen LogP contribution in [0.1, 0.15) is 20.3 Å². The lowest BCUT2D eigenvalue weighted by atomic mass is 9.83. The third-order valence-electron chi connectivity index (χ3n) is 4.38. The topological polar surface area (TPSA) is 65.0 Å². The van der Waals surface area contributed by atoms with E-state index in [1.165, 1.54) is 4.90 Å². The lowest BCUT2D eigenvalue weighted by Gasteiger charge is -2.43. The smallest absolute Gasteiger partial charge is 0.246 e. The minimum atomic E-state index is -1.08. The van der Waals surface area contributed by atoms with Crippen LogP contribution in [-0.2, 0) is 9.59 Å². The minimum Gasteiger partial charge on any atom is -0.332 e. The second-order valence-electron chi connectivity index (χ2n) is 5.75. The largest absolute Gasteiger partial charge is 0.332 e. The SMILES string of the molecule is CCC1(C)C(=O)NC2=NCN(c3cccc(Cl)c3Cl)CN2C1=O. The van der Waals surface area contributed by atoms with Gasteiger partial charge in [-0.1, -0.05) is 36.2 Å². The molecule has 6 nitrogen and oxygen atoms in total. The normalized spacial score (nSPS) is 24.3. The Morgan fingerprint density at radius 1 is 1.35 bits per heavy atom. The molecular formula is C15H16Cl2N4O2. The van der Waals surface area contributed by atoms with Crippen molar-refractivity contribution in [2.24, 2.45) is 10.4 Å². The van der Waals surface area contributed by atoms with Gasteiger partial charge in [0.05, 0.1) is 15.7 Å². The van der Waals surface area contributed by atoms with Crippen LogP contribution >= 0.6 is 23.2 Å². The zero-order valence-corrected chi connectivity index (χ0v) is 14.3.